The number of carbonyl (C=O) groups excluding carboxylic acids is 1. The molecule has 1 heterocycles. The predicted molar refractivity (Wildman–Crippen MR) is 73.7 cm³/mol. The zero-order chi connectivity index (χ0) is 13.8. The molecule has 2 rings (SSSR count). The third-order valence-electron chi connectivity index (χ3n) is 3.54. The molecule has 104 valence electrons. The highest BCUT2D eigenvalue weighted by Gasteiger charge is 2.18. The van der Waals surface area contributed by atoms with E-state index >= 15 is 0 Å². The molecule has 19 heavy (non-hydrogen) atoms. The van der Waals surface area contributed by atoms with Crippen LogP contribution in [-0.4, -0.2) is 32.6 Å². The van der Waals surface area contributed by atoms with Gasteiger partial charge in [0.1, 0.15) is 5.82 Å². The van der Waals surface area contributed by atoms with Crippen molar-refractivity contribution < 1.29 is 9.18 Å². The first kappa shape index (κ1) is 13.8. The van der Waals surface area contributed by atoms with E-state index in [9.17, 15) is 9.18 Å². The van der Waals surface area contributed by atoms with Crippen LogP contribution in [0.25, 0.3) is 0 Å². The van der Waals surface area contributed by atoms with Gasteiger partial charge < -0.3 is 15.5 Å². The summed E-state index contributed by atoms with van der Waals surface area (Å²) in [6.45, 7) is 4.05. The number of carbonyl (C=O) groups is 1. The van der Waals surface area contributed by atoms with Crippen molar-refractivity contribution in [1.29, 1.82) is 0 Å². The molecular formula is C14H20FN3O. The lowest BCUT2D eigenvalue weighted by Gasteiger charge is -2.27. The fourth-order valence-electron chi connectivity index (χ4n) is 2.32. The SMILES string of the molecule is CNC(C)c1cc(F)ccc1N1CCNC(=O)CC1. The van der Waals surface area contributed by atoms with Crippen LogP contribution < -0.4 is 15.5 Å². The summed E-state index contributed by atoms with van der Waals surface area (Å²) in [5.41, 5.74) is 1.93. The summed E-state index contributed by atoms with van der Waals surface area (Å²) in [4.78, 5) is 13.5. The van der Waals surface area contributed by atoms with Gasteiger partial charge in [-0.15, -0.1) is 0 Å². The van der Waals surface area contributed by atoms with Gasteiger partial charge in [-0.3, -0.25) is 4.79 Å². The van der Waals surface area contributed by atoms with Crippen molar-refractivity contribution in [1.82, 2.24) is 10.6 Å². The topological polar surface area (TPSA) is 44.4 Å². The molecule has 0 spiro atoms. The van der Waals surface area contributed by atoms with Crippen LogP contribution in [0.1, 0.15) is 24.9 Å². The summed E-state index contributed by atoms with van der Waals surface area (Å²) in [5, 5.41) is 5.98. The Morgan fingerprint density at radius 2 is 2.21 bits per heavy atom. The predicted octanol–water partition coefficient (Wildman–Crippen LogP) is 1.43. The molecule has 1 saturated heterocycles. The lowest BCUT2D eigenvalue weighted by molar-refractivity contribution is -0.120. The Labute approximate surface area is 113 Å². The molecule has 1 aliphatic heterocycles. The van der Waals surface area contributed by atoms with Crippen molar-refractivity contribution in [2.75, 3.05) is 31.6 Å². The van der Waals surface area contributed by atoms with Crippen molar-refractivity contribution in [3.63, 3.8) is 0 Å². The molecule has 1 fully saturated rings. The van der Waals surface area contributed by atoms with Crippen LogP contribution in [0.4, 0.5) is 10.1 Å². The van der Waals surface area contributed by atoms with Gasteiger partial charge in [0, 0.05) is 37.8 Å². The normalized spacial score (nSPS) is 17.8. The Kier molecular flexibility index (Phi) is 4.37. The highest BCUT2D eigenvalue weighted by atomic mass is 19.1. The van der Waals surface area contributed by atoms with Crippen LogP contribution >= 0.6 is 0 Å². The maximum absolute atomic E-state index is 13.4. The maximum atomic E-state index is 13.4. The summed E-state index contributed by atoms with van der Waals surface area (Å²) in [6, 6.07) is 4.91. The Balaban J connectivity index is 2.29. The van der Waals surface area contributed by atoms with Crippen LogP contribution in [0.5, 0.6) is 0 Å². The molecule has 1 aromatic carbocycles. The van der Waals surface area contributed by atoms with E-state index in [0.29, 0.717) is 19.5 Å². The minimum absolute atomic E-state index is 0.0672. The van der Waals surface area contributed by atoms with E-state index in [1.165, 1.54) is 6.07 Å². The van der Waals surface area contributed by atoms with E-state index in [1.54, 1.807) is 12.1 Å². The Morgan fingerprint density at radius 3 is 2.95 bits per heavy atom. The summed E-state index contributed by atoms with van der Waals surface area (Å²) in [6.07, 6.45) is 0.477. The minimum Gasteiger partial charge on any atom is -0.369 e. The van der Waals surface area contributed by atoms with E-state index in [0.717, 1.165) is 17.8 Å². The number of hydrogen-bond acceptors (Lipinski definition) is 3. The smallest absolute Gasteiger partial charge is 0.221 e. The van der Waals surface area contributed by atoms with Crippen molar-refractivity contribution in [2.24, 2.45) is 0 Å². The van der Waals surface area contributed by atoms with Gasteiger partial charge in [-0.2, -0.15) is 0 Å². The summed E-state index contributed by atoms with van der Waals surface area (Å²) < 4.78 is 13.4. The molecule has 0 saturated carbocycles. The molecule has 0 aliphatic carbocycles. The summed E-state index contributed by atoms with van der Waals surface area (Å²) >= 11 is 0. The van der Waals surface area contributed by atoms with Gasteiger partial charge in [-0.1, -0.05) is 0 Å². The van der Waals surface area contributed by atoms with Gasteiger partial charge in [0.15, 0.2) is 0 Å². The third-order valence-corrected chi connectivity index (χ3v) is 3.54. The number of halogens is 1. The number of rotatable bonds is 3. The standard InChI is InChI=1S/C14H20FN3O/c1-10(16-2)12-9-11(15)3-4-13(12)18-7-5-14(19)17-6-8-18/h3-4,9-10,16H,5-8H2,1-2H3,(H,17,19). The first-order valence-electron chi connectivity index (χ1n) is 6.60. The number of hydrogen-bond donors (Lipinski definition) is 2. The minimum atomic E-state index is -0.232. The molecule has 0 radical (unpaired) electrons. The molecule has 1 amide bonds. The summed E-state index contributed by atoms with van der Waals surface area (Å²) in [5.74, 6) is -0.155. The molecule has 1 atom stereocenters. The van der Waals surface area contributed by atoms with E-state index in [2.05, 4.69) is 15.5 Å². The fraction of sp³-hybridized carbons (Fsp3) is 0.500. The zero-order valence-electron chi connectivity index (χ0n) is 11.4. The van der Waals surface area contributed by atoms with Gasteiger partial charge in [0.25, 0.3) is 0 Å². The van der Waals surface area contributed by atoms with E-state index in [4.69, 9.17) is 0 Å². The van der Waals surface area contributed by atoms with Gasteiger partial charge in [0.2, 0.25) is 5.91 Å². The second-order valence-corrected chi connectivity index (χ2v) is 4.80. The molecule has 0 aromatic heterocycles. The molecule has 1 unspecified atom stereocenters. The van der Waals surface area contributed by atoms with Crippen LogP contribution in [-0.2, 0) is 4.79 Å². The number of anilines is 1. The van der Waals surface area contributed by atoms with Crippen molar-refractivity contribution in [2.45, 2.75) is 19.4 Å². The number of nitrogens with one attached hydrogen (secondary N) is 2. The fourth-order valence-corrected chi connectivity index (χ4v) is 2.32. The van der Waals surface area contributed by atoms with Crippen molar-refractivity contribution in [3.8, 4) is 0 Å². The van der Waals surface area contributed by atoms with Crippen LogP contribution in [0.15, 0.2) is 18.2 Å². The first-order valence-corrected chi connectivity index (χ1v) is 6.60. The van der Waals surface area contributed by atoms with Crippen molar-refractivity contribution in [3.05, 3.63) is 29.6 Å². The number of nitrogens with zero attached hydrogens (tertiary/aromatic N) is 1. The molecular weight excluding hydrogens is 245 g/mol. The van der Waals surface area contributed by atoms with Crippen LogP contribution in [0.3, 0.4) is 0 Å². The van der Waals surface area contributed by atoms with E-state index in [1.807, 2.05) is 14.0 Å². The molecule has 1 aliphatic rings. The molecule has 1 aromatic rings. The zero-order valence-corrected chi connectivity index (χ0v) is 11.4. The largest absolute Gasteiger partial charge is 0.369 e. The van der Waals surface area contributed by atoms with Gasteiger partial charge in [-0.25, -0.2) is 4.39 Å². The first-order chi connectivity index (χ1) is 9.11. The lowest BCUT2D eigenvalue weighted by atomic mass is 10.0. The maximum Gasteiger partial charge on any atom is 0.221 e. The lowest BCUT2D eigenvalue weighted by Crippen LogP contribution is -2.30. The monoisotopic (exact) mass is 265 g/mol. The highest BCUT2D eigenvalue weighted by molar-refractivity contribution is 5.77. The number of amides is 1. The Hall–Kier alpha value is -1.62. The van der Waals surface area contributed by atoms with Crippen LogP contribution in [0.2, 0.25) is 0 Å². The Bertz CT molecular complexity index is 464. The highest BCUT2D eigenvalue weighted by Crippen LogP contribution is 2.27. The van der Waals surface area contributed by atoms with Gasteiger partial charge in [0.05, 0.1) is 0 Å². The third kappa shape index (κ3) is 3.23. The molecule has 4 nitrogen and oxygen atoms in total. The molecule has 2 N–H and O–H groups in total. The molecule has 5 heteroatoms. The molecule has 0 bridgehead atoms. The Morgan fingerprint density at radius 1 is 1.42 bits per heavy atom. The average Bonchev–Trinajstić information content (AvgIpc) is 2.62. The summed E-state index contributed by atoms with van der Waals surface area (Å²) in [7, 11) is 1.85. The number of benzene rings is 1. The van der Waals surface area contributed by atoms with E-state index in [-0.39, 0.29) is 17.8 Å². The average molecular weight is 265 g/mol. The van der Waals surface area contributed by atoms with Crippen LogP contribution in [0, 0.1) is 5.82 Å². The van der Waals surface area contributed by atoms with E-state index < -0.39 is 0 Å². The second kappa shape index (κ2) is 6.02. The quantitative estimate of drug-likeness (QED) is 0.869. The van der Waals surface area contributed by atoms with Gasteiger partial charge >= 0.3 is 0 Å². The van der Waals surface area contributed by atoms with Crippen molar-refractivity contribution >= 4 is 11.6 Å². The second-order valence-electron chi connectivity index (χ2n) is 4.80. The van der Waals surface area contributed by atoms with Gasteiger partial charge in [-0.05, 0) is 37.7 Å².